The van der Waals surface area contributed by atoms with Crippen LogP contribution in [0.25, 0.3) is 0 Å². The Bertz CT molecular complexity index is 767. The first-order valence-electron chi connectivity index (χ1n) is 8.03. The highest BCUT2D eigenvalue weighted by molar-refractivity contribution is 6.02. The zero-order chi connectivity index (χ0) is 15.7. The van der Waals surface area contributed by atoms with Crippen LogP contribution in [0.2, 0.25) is 0 Å². The van der Waals surface area contributed by atoms with E-state index >= 15 is 0 Å². The van der Waals surface area contributed by atoms with Gasteiger partial charge < -0.3 is 0 Å². The molecule has 1 heteroatoms. The third kappa shape index (κ3) is 2.04. The average molecular weight is 298 g/mol. The van der Waals surface area contributed by atoms with Crippen LogP contribution in [-0.4, -0.2) is 5.78 Å². The molecule has 1 fully saturated rings. The molecule has 4 rings (SSSR count). The van der Waals surface area contributed by atoms with Gasteiger partial charge in [-0.1, -0.05) is 91.0 Å². The van der Waals surface area contributed by atoms with Gasteiger partial charge in [-0.25, -0.2) is 0 Å². The normalized spacial score (nSPS) is 19.1. The zero-order valence-corrected chi connectivity index (χ0v) is 12.9. The van der Waals surface area contributed by atoms with Gasteiger partial charge in [-0.2, -0.15) is 0 Å². The number of Topliss-reactive ketones (excluding diaryl/α,β-unsaturated/α-hetero) is 1. The Kier molecular flexibility index (Phi) is 3.34. The minimum absolute atomic E-state index is 0.195. The number of hydrogen-bond acceptors (Lipinski definition) is 1. The molecule has 0 aliphatic heterocycles. The van der Waals surface area contributed by atoms with Crippen LogP contribution in [0.5, 0.6) is 0 Å². The van der Waals surface area contributed by atoms with E-state index in [0.29, 0.717) is 12.2 Å². The Morgan fingerprint density at radius 1 is 0.652 bits per heavy atom. The van der Waals surface area contributed by atoms with Crippen LogP contribution < -0.4 is 0 Å². The van der Waals surface area contributed by atoms with Crippen molar-refractivity contribution in [3.8, 4) is 0 Å². The summed E-state index contributed by atoms with van der Waals surface area (Å²) in [6.07, 6.45) is 0.605. The molecule has 0 saturated heterocycles. The molecule has 0 spiro atoms. The zero-order valence-electron chi connectivity index (χ0n) is 12.9. The Morgan fingerprint density at radius 2 is 1.09 bits per heavy atom. The first-order valence-corrected chi connectivity index (χ1v) is 8.03. The predicted octanol–water partition coefficient (Wildman–Crippen LogP) is 4.73. The van der Waals surface area contributed by atoms with Gasteiger partial charge in [0.1, 0.15) is 5.78 Å². The molecule has 0 radical (unpaired) electrons. The largest absolute Gasteiger partial charge is 0.298 e. The lowest BCUT2D eigenvalue weighted by Crippen LogP contribution is -2.52. The van der Waals surface area contributed by atoms with Crippen LogP contribution in [0, 0.1) is 0 Å². The van der Waals surface area contributed by atoms with E-state index in [2.05, 4.69) is 48.5 Å². The van der Waals surface area contributed by atoms with E-state index in [1.54, 1.807) is 0 Å². The van der Waals surface area contributed by atoms with Crippen molar-refractivity contribution in [1.29, 1.82) is 0 Å². The lowest BCUT2D eigenvalue weighted by Gasteiger charge is -2.49. The van der Waals surface area contributed by atoms with Crippen molar-refractivity contribution < 1.29 is 4.79 Å². The summed E-state index contributed by atoms with van der Waals surface area (Å²) in [4.78, 5) is 12.9. The highest BCUT2D eigenvalue weighted by atomic mass is 16.1. The van der Waals surface area contributed by atoms with E-state index in [4.69, 9.17) is 0 Å². The van der Waals surface area contributed by atoms with Gasteiger partial charge in [0.05, 0.1) is 5.41 Å². The Balaban J connectivity index is 1.94. The summed E-state index contributed by atoms with van der Waals surface area (Å²) in [5.41, 5.74) is 2.87. The second kappa shape index (κ2) is 5.51. The molecule has 0 N–H and O–H groups in total. The molecule has 1 aliphatic carbocycles. The molecular formula is C22H18O. The van der Waals surface area contributed by atoms with Gasteiger partial charge in [-0.15, -0.1) is 0 Å². The molecule has 0 heterocycles. The number of ketones is 1. The fourth-order valence-electron chi connectivity index (χ4n) is 3.91. The minimum atomic E-state index is -0.552. The highest BCUT2D eigenvalue weighted by Gasteiger charge is 2.57. The van der Waals surface area contributed by atoms with Crippen molar-refractivity contribution in [1.82, 2.24) is 0 Å². The fraction of sp³-hybridized carbons (Fsp3) is 0.136. The number of benzene rings is 3. The van der Waals surface area contributed by atoms with E-state index in [9.17, 15) is 4.79 Å². The lowest BCUT2D eigenvalue weighted by molar-refractivity contribution is -0.131. The molecule has 23 heavy (non-hydrogen) atoms. The van der Waals surface area contributed by atoms with Gasteiger partial charge >= 0.3 is 0 Å². The quantitative estimate of drug-likeness (QED) is 0.683. The highest BCUT2D eigenvalue weighted by Crippen LogP contribution is 2.55. The molecule has 0 unspecified atom stereocenters. The summed E-state index contributed by atoms with van der Waals surface area (Å²) in [6.45, 7) is 0. The summed E-state index contributed by atoms with van der Waals surface area (Å²) in [5, 5.41) is 0. The van der Waals surface area contributed by atoms with Crippen LogP contribution in [0.1, 0.15) is 29.0 Å². The SMILES string of the molecule is O=C1C[C@H](c2ccccc2)C1(c1ccccc1)c1ccccc1. The number of carbonyl (C=O) groups is 1. The summed E-state index contributed by atoms with van der Waals surface area (Å²) in [6, 6.07) is 30.8. The molecule has 3 aromatic rings. The van der Waals surface area contributed by atoms with Crippen molar-refractivity contribution >= 4 is 5.78 Å². The van der Waals surface area contributed by atoms with Crippen LogP contribution in [0.4, 0.5) is 0 Å². The van der Waals surface area contributed by atoms with Crippen molar-refractivity contribution in [2.75, 3.05) is 0 Å². The molecular weight excluding hydrogens is 280 g/mol. The second-order valence-electron chi connectivity index (χ2n) is 6.13. The van der Waals surface area contributed by atoms with Crippen molar-refractivity contribution in [3.05, 3.63) is 108 Å². The van der Waals surface area contributed by atoms with Crippen LogP contribution in [0.3, 0.4) is 0 Å². The third-order valence-electron chi connectivity index (χ3n) is 5.01. The van der Waals surface area contributed by atoms with Crippen molar-refractivity contribution in [3.63, 3.8) is 0 Å². The number of hydrogen-bond donors (Lipinski definition) is 0. The Hall–Kier alpha value is -2.67. The summed E-state index contributed by atoms with van der Waals surface area (Å²) >= 11 is 0. The van der Waals surface area contributed by atoms with E-state index in [-0.39, 0.29) is 5.92 Å². The van der Waals surface area contributed by atoms with Crippen molar-refractivity contribution in [2.45, 2.75) is 17.8 Å². The molecule has 1 saturated carbocycles. The first kappa shape index (κ1) is 14.0. The summed E-state index contributed by atoms with van der Waals surface area (Å²) in [7, 11) is 0. The molecule has 0 amide bonds. The van der Waals surface area contributed by atoms with E-state index in [0.717, 1.165) is 11.1 Å². The summed E-state index contributed by atoms with van der Waals surface area (Å²) < 4.78 is 0. The van der Waals surface area contributed by atoms with E-state index < -0.39 is 5.41 Å². The lowest BCUT2D eigenvalue weighted by atomic mass is 9.51. The summed E-state index contributed by atoms with van der Waals surface area (Å²) in [5.74, 6) is 0.504. The standard InChI is InChI=1S/C22H18O/c23-21-16-20(17-10-4-1-5-11-17)22(21,18-12-6-2-7-13-18)19-14-8-3-9-15-19/h1-15,20H,16H2/t20-/m1/s1. The van der Waals surface area contributed by atoms with E-state index in [1.165, 1.54) is 5.56 Å². The van der Waals surface area contributed by atoms with Gasteiger partial charge in [-0.3, -0.25) is 4.79 Å². The maximum Gasteiger partial charge on any atom is 0.149 e. The number of carbonyl (C=O) groups excluding carboxylic acids is 1. The molecule has 0 aromatic heterocycles. The van der Waals surface area contributed by atoms with Crippen LogP contribution >= 0.6 is 0 Å². The van der Waals surface area contributed by atoms with Crippen LogP contribution in [-0.2, 0) is 10.2 Å². The van der Waals surface area contributed by atoms with E-state index in [1.807, 2.05) is 42.5 Å². The molecule has 112 valence electrons. The predicted molar refractivity (Wildman–Crippen MR) is 92.5 cm³/mol. The molecule has 3 aromatic carbocycles. The Labute approximate surface area is 136 Å². The van der Waals surface area contributed by atoms with Crippen LogP contribution in [0.15, 0.2) is 91.0 Å². The van der Waals surface area contributed by atoms with Gasteiger partial charge in [0.15, 0.2) is 0 Å². The average Bonchev–Trinajstić information content (AvgIpc) is 2.62. The maximum absolute atomic E-state index is 12.9. The second-order valence-corrected chi connectivity index (χ2v) is 6.13. The maximum atomic E-state index is 12.9. The van der Waals surface area contributed by atoms with Gasteiger partial charge in [-0.05, 0) is 16.7 Å². The molecule has 1 atom stereocenters. The third-order valence-corrected chi connectivity index (χ3v) is 5.01. The smallest absolute Gasteiger partial charge is 0.149 e. The molecule has 0 bridgehead atoms. The van der Waals surface area contributed by atoms with Gasteiger partial charge in [0, 0.05) is 12.3 Å². The van der Waals surface area contributed by atoms with Gasteiger partial charge in [0.2, 0.25) is 0 Å². The molecule has 1 aliphatic rings. The van der Waals surface area contributed by atoms with Gasteiger partial charge in [0.25, 0.3) is 0 Å². The monoisotopic (exact) mass is 298 g/mol. The minimum Gasteiger partial charge on any atom is -0.298 e. The first-order chi connectivity index (χ1) is 11.3. The Morgan fingerprint density at radius 3 is 1.52 bits per heavy atom. The topological polar surface area (TPSA) is 17.1 Å². The van der Waals surface area contributed by atoms with Crippen molar-refractivity contribution in [2.24, 2.45) is 0 Å². The molecule has 1 nitrogen and oxygen atoms in total. The fourth-order valence-corrected chi connectivity index (χ4v) is 3.91. The number of rotatable bonds is 3.